The Kier molecular flexibility index (Phi) is 6.78. The minimum absolute atomic E-state index is 0.0159. The Morgan fingerprint density at radius 2 is 1.97 bits per heavy atom. The highest BCUT2D eigenvalue weighted by atomic mass is 79.9. The molecule has 1 N–H and O–H groups in total. The van der Waals surface area contributed by atoms with Crippen LogP contribution >= 0.6 is 15.9 Å². The lowest BCUT2D eigenvalue weighted by molar-refractivity contribution is -0.123. The van der Waals surface area contributed by atoms with E-state index >= 15 is 0 Å². The molecule has 8 nitrogen and oxygen atoms in total. The molecule has 3 aromatic rings. The van der Waals surface area contributed by atoms with Gasteiger partial charge in [-0.3, -0.25) is 9.69 Å². The largest absolute Gasteiger partial charge is 0.488 e. The highest BCUT2D eigenvalue weighted by Gasteiger charge is 2.34. The molecule has 1 aliphatic heterocycles. The predicted molar refractivity (Wildman–Crippen MR) is 122 cm³/mol. The van der Waals surface area contributed by atoms with Gasteiger partial charge in [-0.1, -0.05) is 34.1 Å². The fraction of sp³-hybridized carbons (Fsp3) is 0.125. The van der Waals surface area contributed by atoms with Crippen LogP contribution in [0.15, 0.2) is 69.2 Å². The summed E-state index contributed by atoms with van der Waals surface area (Å²) in [5.74, 6) is -1.04. The third-order valence-electron chi connectivity index (χ3n) is 4.94. The Hall–Kier alpha value is -3.92. The number of nitrogens with one attached hydrogen (secondary N) is 1. The summed E-state index contributed by atoms with van der Waals surface area (Å²) in [4.78, 5) is 37.8. The van der Waals surface area contributed by atoms with Crippen LogP contribution in [0.2, 0.25) is 0 Å². The standard InChI is InChI=1S/C24H18BrFN2O6/c1-32-23(30)21-9-7-17(34-21)12-28-22(29)19(27-24(28)31)11-15-10-16(25)6-8-20(15)33-13-14-4-2-3-5-18(14)26/h2-11H,12-13H2,1H3,(H,27,31)/b19-11-. The fourth-order valence-electron chi connectivity index (χ4n) is 3.23. The number of hydrogen-bond acceptors (Lipinski definition) is 6. The maximum atomic E-state index is 13.9. The van der Waals surface area contributed by atoms with Crippen LogP contribution < -0.4 is 10.1 Å². The highest BCUT2D eigenvalue weighted by molar-refractivity contribution is 9.10. The molecule has 34 heavy (non-hydrogen) atoms. The molecule has 0 aliphatic carbocycles. The van der Waals surface area contributed by atoms with Crippen LogP contribution in [-0.4, -0.2) is 29.9 Å². The highest BCUT2D eigenvalue weighted by Crippen LogP contribution is 2.28. The van der Waals surface area contributed by atoms with Crippen molar-refractivity contribution in [2.75, 3.05) is 7.11 Å². The number of amides is 3. The van der Waals surface area contributed by atoms with Crippen LogP contribution in [0.5, 0.6) is 5.75 Å². The van der Waals surface area contributed by atoms with Crippen molar-refractivity contribution in [2.24, 2.45) is 0 Å². The summed E-state index contributed by atoms with van der Waals surface area (Å²) in [6.07, 6.45) is 1.48. The molecular formula is C24H18BrFN2O6. The van der Waals surface area contributed by atoms with E-state index in [0.29, 0.717) is 16.9 Å². The average molecular weight is 529 g/mol. The summed E-state index contributed by atoms with van der Waals surface area (Å²) in [5.41, 5.74) is 0.908. The summed E-state index contributed by atoms with van der Waals surface area (Å²) in [5, 5.41) is 2.53. The number of carbonyl (C=O) groups excluding carboxylic acids is 3. The van der Waals surface area contributed by atoms with Crippen LogP contribution in [0.1, 0.15) is 27.4 Å². The second-order valence-corrected chi connectivity index (χ2v) is 8.11. The van der Waals surface area contributed by atoms with Gasteiger partial charge in [-0.25, -0.2) is 14.0 Å². The molecule has 1 aliphatic rings. The number of esters is 1. The number of halogens is 2. The number of carbonyl (C=O) groups is 3. The first-order valence-electron chi connectivity index (χ1n) is 10.0. The van der Waals surface area contributed by atoms with Gasteiger partial charge in [-0.2, -0.15) is 0 Å². The van der Waals surface area contributed by atoms with Gasteiger partial charge in [0.05, 0.1) is 13.7 Å². The number of furan rings is 1. The molecule has 1 saturated heterocycles. The van der Waals surface area contributed by atoms with E-state index in [-0.39, 0.29) is 36.2 Å². The molecule has 1 aromatic heterocycles. The number of hydrogen-bond donors (Lipinski definition) is 1. The zero-order chi connectivity index (χ0) is 24.2. The minimum atomic E-state index is -0.665. The molecule has 0 unspecified atom stereocenters. The van der Waals surface area contributed by atoms with Crippen molar-refractivity contribution in [1.82, 2.24) is 10.2 Å². The second-order valence-electron chi connectivity index (χ2n) is 7.20. The first-order valence-corrected chi connectivity index (χ1v) is 10.8. The molecule has 10 heteroatoms. The quantitative estimate of drug-likeness (QED) is 0.272. The van der Waals surface area contributed by atoms with Crippen LogP contribution in [0.4, 0.5) is 9.18 Å². The number of ether oxygens (including phenoxy) is 2. The molecular weight excluding hydrogens is 511 g/mol. The number of methoxy groups -OCH3 is 1. The lowest BCUT2D eigenvalue weighted by Gasteiger charge is -2.11. The van der Waals surface area contributed by atoms with Gasteiger partial charge in [-0.05, 0) is 42.5 Å². The zero-order valence-electron chi connectivity index (χ0n) is 17.8. The Labute approximate surface area is 202 Å². The lowest BCUT2D eigenvalue weighted by atomic mass is 10.1. The number of benzene rings is 2. The summed E-state index contributed by atoms with van der Waals surface area (Å²) < 4.78 is 30.4. The SMILES string of the molecule is COC(=O)c1ccc(CN2C(=O)N/C(=C\c3cc(Br)ccc3OCc3ccccc3F)C2=O)o1. The molecule has 2 heterocycles. The van der Waals surface area contributed by atoms with E-state index in [0.717, 1.165) is 9.37 Å². The maximum absolute atomic E-state index is 13.9. The number of nitrogens with zero attached hydrogens (tertiary/aromatic N) is 1. The normalized spacial score (nSPS) is 14.4. The van der Waals surface area contributed by atoms with Crippen LogP contribution in [-0.2, 0) is 22.7 Å². The molecule has 0 bridgehead atoms. The molecule has 4 rings (SSSR count). The maximum Gasteiger partial charge on any atom is 0.373 e. The van der Waals surface area contributed by atoms with E-state index in [1.165, 1.54) is 31.4 Å². The average Bonchev–Trinajstić information content (AvgIpc) is 3.39. The Morgan fingerprint density at radius 3 is 2.74 bits per heavy atom. The van der Waals surface area contributed by atoms with Gasteiger partial charge in [0.1, 0.15) is 29.6 Å². The third kappa shape index (κ3) is 5.01. The van der Waals surface area contributed by atoms with E-state index in [1.807, 2.05) is 0 Å². The van der Waals surface area contributed by atoms with Gasteiger partial charge < -0.3 is 19.2 Å². The van der Waals surface area contributed by atoms with Gasteiger partial charge in [0.25, 0.3) is 5.91 Å². The molecule has 0 saturated carbocycles. The van der Waals surface area contributed by atoms with E-state index in [9.17, 15) is 18.8 Å². The smallest absolute Gasteiger partial charge is 0.373 e. The third-order valence-corrected chi connectivity index (χ3v) is 5.43. The van der Waals surface area contributed by atoms with Gasteiger partial charge in [0.2, 0.25) is 5.76 Å². The monoisotopic (exact) mass is 528 g/mol. The predicted octanol–water partition coefficient (Wildman–Crippen LogP) is 4.64. The number of urea groups is 1. The Morgan fingerprint density at radius 1 is 1.18 bits per heavy atom. The van der Waals surface area contributed by atoms with E-state index in [1.54, 1.807) is 36.4 Å². The van der Waals surface area contributed by atoms with Crippen molar-refractivity contribution in [1.29, 1.82) is 0 Å². The summed E-state index contributed by atoms with van der Waals surface area (Å²) >= 11 is 3.38. The van der Waals surface area contributed by atoms with Crippen molar-refractivity contribution in [3.63, 3.8) is 0 Å². The summed E-state index contributed by atoms with van der Waals surface area (Å²) in [6, 6.07) is 13.6. The van der Waals surface area contributed by atoms with Crippen LogP contribution in [0, 0.1) is 5.82 Å². The van der Waals surface area contributed by atoms with Gasteiger partial charge in [0.15, 0.2) is 0 Å². The molecule has 2 aromatic carbocycles. The van der Waals surface area contributed by atoms with E-state index < -0.39 is 17.9 Å². The molecule has 0 atom stereocenters. The van der Waals surface area contributed by atoms with Crippen molar-refractivity contribution >= 4 is 39.9 Å². The summed E-state index contributed by atoms with van der Waals surface area (Å²) in [7, 11) is 1.22. The summed E-state index contributed by atoms with van der Waals surface area (Å²) in [6.45, 7) is -0.188. The van der Waals surface area contributed by atoms with E-state index in [2.05, 4.69) is 26.0 Å². The molecule has 0 spiro atoms. The minimum Gasteiger partial charge on any atom is -0.488 e. The molecule has 0 radical (unpaired) electrons. The first kappa shape index (κ1) is 23.2. The molecule has 3 amide bonds. The van der Waals surface area contributed by atoms with Crippen molar-refractivity contribution in [3.05, 3.63) is 93.2 Å². The molecule has 1 fully saturated rings. The van der Waals surface area contributed by atoms with Crippen LogP contribution in [0.25, 0.3) is 6.08 Å². The van der Waals surface area contributed by atoms with Crippen molar-refractivity contribution < 1.29 is 32.7 Å². The molecule has 174 valence electrons. The van der Waals surface area contributed by atoms with Gasteiger partial charge in [0, 0.05) is 15.6 Å². The van der Waals surface area contributed by atoms with E-state index in [4.69, 9.17) is 9.15 Å². The first-order chi connectivity index (χ1) is 16.4. The fourth-order valence-corrected chi connectivity index (χ4v) is 3.61. The topological polar surface area (TPSA) is 98.1 Å². The second kappa shape index (κ2) is 9.92. The Balaban J connectivity index is 1.53. The van der Waals surface area contributed by atoms with Gasteiger partial charge in [-0.15, -0.1) is 0 Å². The van der Waals surface area contributed by atoms with Gasteiger partial charge >= 0.3 is 12.0 Å². The van der Waals surface area contributed by atoms with Crippen molar-refractivity contribution in [2.45, 2.75) is 13.2 Å². The lowest BCUT2D eigenvalue weighted by Crippen LogP contribution is -2.30. The number of rotatable bonds is 7. The number of imide groups is 1. The van der Waals surface area contributed by atoms with Crippen molar-refractivity contribution in [3.8, 4) is 5.75 Å². The zero-order valence-corrected chi connectivity index (χ0v) is 19.4. The van der Waals surface area contributed by atoms with Crippen LogP contribution in [0.3, 0.4) is 0 Å². The Bertz CT molecular complexity index is 1300.